The SMILES string of the molecule is O=C([O-])c1ccc([C@H]2Nc3c(F)cccc3[C@@H]3C=CC[C@@H]23)cc1. The summed E-state index contributed by atoms with van der Waals surface area (Å²) in [7, 11) is 0. The molecule has 4 heteroatoms. The molecular formula is C19H15FNO2-. The fraction of sp³-hybridized carbons (Fsp3) is 0.211. The van der Waals surface area contributed by atoms with Gasteiger partial charge in [-0.3, -0.25) is 0 Å². The van der Waals surface area contributed by atoms with Crippen molar-refractivity contribution in [2.75, 3.05) is 5.32 Å². The molecule has 0 saturated heterocycles. The maximum atomic E-state index is 14.2. The minimum atomic E-state index is -1.19. The Labute approximate surface area is 133 Å². The molecule has 0 bridgehead atoms. The third kappa shape index (κ3) is 2.22. The van der Waals surface area contributed by atoms with Crippen molar-refractivity contribution in [2.45, 2.75) is 18.4 Å². The van der Waals surface area contributed by atoms with Crippen LogP contribution in [-0.4, -0.2) is 5.97 Å². The van der Waals surface area contributed by atoms with Gasteiger partial charge in [0.25, 0.3) is 0 Å². The number of fused-ring (bicyclic) bond motifs is 3. The third-order valence-corrected chi connectivity index (χ3v) is 4.85. The van der Waals surface area contributed by atoms with Gasteiger partial charge in [-0.25, -0.2) is 4.39 Å². The topological polar surface area (TPSA) is 52.2 Å². The highest BCUT2D eigenvalue weighted by Crippen LogP contribution is 2.50. The summed E-state index contributed by atoms with van der Waals surface area (Å²) in [5, 5.41) is 14.2. The molecule has 2 aromatic carbocycles. The normalized spacial score (nSPS) is 24.7. The summed E-state index contributed by atoms with van der Waals surface area (Å²) >= 11 is 0. The molecule has 0 unspecified atom stereocenters. The average molecular weight is 308 g/mol. The smallest absolute Gasteiger partial charge is 0.146 e. The zero-order chi connectivity index (χ0) is 16.0. The maximum absolute atomic E-state index is 14.2. The molecule has 3 atom stereocenters. The van der Waals surface area contributed by atoms with E-state index in [1.54, 1.807) is 30.3 Å². The molecule has 0 spiro atoms. The first-order valence-electron chi connectivity index (χ1n) is 7.68. The van der Waals surface area contributed by atoms with E-state index < -0.39 is 5.97 Å². The average Bonchev–Trinajstić information content (AvgIpc) is 3.04. The summed E-state index contributed by atoms with van der Waals surface area (Å²) in [5.41, 5.74) is 2.65. The number of nitrogens with one attached hydrogen (secondary N) is 1. The molecule has 0 aromatic heterocycles. The molecule has 23 heavy (non-hydrogen) atoms. The summed E-state index contributed by atoms with van der Waals surface area (Å²) < 4.78 is 14.2. The van der Waals surface area contributed by atoms with Gasteiger partial charge in [0.2, 0.25) is 0 Å². The second-order valence-electron chi connectivity index (χ2n) is 6.09. The number of aromatic carboxylic acids is 1. The van der Waals surface area contributed by atoms with Gasteiger partial charge in [-0.15, -0.1) is 0 Å². The summed E-state index contributed by atoms with van der Waals surface area (Å²) in [4.78, 5) is 10.9. The van der Waals surface area contributed by atoms with Crippen molar-refractivity contribution in [3.63, 3.8) is 0 Å². The van der Waals surface area contributed by atoms with Crippen molar-refractivity contribution in [3.05, 3.63) is 77.1 Å². The van der Waals surface area contributed by atoms with Crippen molar-refractivity contribution >= 4 is 11.7 Å². The third-order valence-electron chi connectivity index (χ3n) is 4.85. The summed E-state index contributed by atoms with van der Waals surface area (Å²) in [6, 6.07) is 11.8. The fourth-order valence-electron chi connectivity index (χ4n) is 3.74. The molecule has 1 aliphatic heterocycles. The highest BCUT2D eigenvalue weighted by atomic mass is 19.1. The molecule has 4 rings (SSSR count). The molecule has 1 aliphatic carbocycles. The Morgan fingerprint density at radius 3 is 2.70 bits per heavy atom. The van der Waals surface area contributed by atoms with Crippen LogP contribution in [0.5, 0.6) is 0 Å². The minimum absolute atomic E-state index is 0.0461. The molecule has 1 heterocycles. The van der Waals surface area contributed by atoms with E-state index in [-0.39, 0.29) is 23.3 Å². The quantitative estimate of drug-likeness (QED) is 0.868. The Morgan fingerprint density at radius 2 is 1.96 bits per heavy atom. The Hall–Kier alpha value is -2.62. The lowest BCUT2D eigenvalue weighted by molar-refractivity contribution is -0.255. The molecule has 0 radical (unpaired) electrons. The van der Waals surface area contributed by atoms with Gasteiger partial charge in [-0.1, -0.05) is 48.6 Å². The molecule has 1 N–H and O–H groups in total. The second-order valence-corrected chi connectivity index (χ2v) is 6.09. The van der Waals surface area contributed by atoms with Crippen molar-refractivity contribution in [1.82, 2.24) is 0 Å². The van der Waals surface area contributed by atoms with Crippen LogP contribution in [0.1, 0.15) is 39.9 Å². The van der Waals surface area contributed by atoms with Crippen LogP contribution in [0.2, 0.25) is 0 Å². The van der Waals surface area contributed by atoms with E-state index >= 15 is 0 Å². The van der Waals surface area contributed by atoms with E-state index in [9.17, 15) is 14.3 Å². The Balaban J connectivity index is 1.75. The number of carbonyl (C=O) groups is 1. The highest BCUT2D eigenvalue weighted by molar-refractivity contribution is 5.85. The molecule has 0 fully saturated rings. The lowest BCUT2D eigenvalue weighted by atomic mass is 9.77. The number of para-hydroxylation sites is 1. The summed E-state index contributed by atoms with van der Waals surface area (Å²) in [6.07, 6.45) is 5.20. The van der Waals surface area contributed by atoms with Gasteiger partial charge in [-0.2, -0.15) is 0 Å². The summed E-state index contributed by atoms with van der Waals surface area (Å²) in [5.74, 6) is -0.951. The number of allylic oxidation sites excluding steroid dienone is 2. The Bertz CT molecular complexity index is 798. The predicted octanol–water partition coefficient (Wildman–Crippen LogP) is 3.02. The second kappa shape index (κ2) is 5.23. The van der Waals surface area contributed by atoms with Gasteiger partial charge in [0, 0.05) is 5.92 Å². The van der Waals surface area contributed by atoms with Gasteiger partial charge in [0.05, 0.1) is 17.7 Å². The molecule has 0 amide bonds. The number of carboxylic acid groups (broad SMARTS) is 1. The van der Waals surface area contributed by atoms with Crippen molar-refractivity contribution in [2.24, 2.45) is 5.92 Å². The number of hydrogen-bond acceptors (Lipinski definition) is 3. The van der Waals surface area contributed by atoms with Crippen LogP contribution >= 0.6 is 0 Å². The van der Waals surface area contributed by atoms with E-state index in [1.165, 1.54) is 6.07 Å². The number of rotatable bonds is 2. The van der Waals surface area contributed by atoms with Crippen LogP contribution in [-0.2, 0) is 0 Å². The number of carboxylic acids is 1. The van der Waals surface area contributed by atoms with Gasteiger partial charge in [-0.05, 0) is 35.1 Å². The number of benzene rings is 2. The first kappa shape index (κ1) is 14.0. The van der Waals surface area contributed by atoms with Crippen molar-refractivity contribution < 1.29 is 14.3 Å². The van der Waals surface area contributed by atoms with Gasteiger partial charge >= 0.3 is 0 Å². The first-order chi connectivity index (χ1) is 11.1. The Kier molecular flexibility index (Phi) is 3.18. The predicted molar refractivity (Wildman–Crippen MR) is 83.5 cm³/mol. The number of halogens is 1. The highest BCUT2D eigenvalue weighted by Gasteiger charge is 2.38. The number of carbonyl (C=O) groups excluding carboxylic acids is 1. The van der Waals surface area contributed by atoms with E-state index in [1.807, 2.05) is 6.07 Å². The van der Waals surface area contributed by atoms with Crippen LogP contribution in [0.25, 0.3) is 0 Å². The van der Waals surface area contributed by atoms with Gasteiger partial charge < -0.3 is 15.2 Å². The van der Waals surface area contributed by atoms with Crippen molar-refractivity contribution in [3.8, 4) is 0 Å². The van der Waals surface area contributed by atoms with Crippen LogP contribution in [0.3, 0.4) is 0 Å². The van der Waals surface area contributed by atoms with Crippen LogP contribution in [0.15, 0.2) is 54.6 Å². The van der Waals surface area contributed by atoms with Crippen LogP contribution in [0.4, 0.5) is 10.1 Å². The van der Waals surface area contributed by atoms with Crippen LogP contribution < -0.4 is 10.4 Å². The lowest BCUT2D eigenvalue weighted by Gasteiger charge is -2.37. The largest absolute Gasteiger partial charge is 0.545 e. The zero-order valence-corrected chi connectivity index (χ0v) is 12.3. The molecule has 116 valence electrons. The van der Waals surface area contributed by atoms with Gasteiger partial charge in [0.1, 0.15) is 5.82 Å². The molecular weight excluding hydrogens is 293 g/mol. The monoisotopic (exact) mass is 308 g/mol. The van der Waals surface area contributed by atoms with Crippen LogP contribution in [0, 0.1) is 11.7 Å². The molecule has 2 aromatic rings. The minimum Gasteiger partial charge on any atom is -0.545 e. The molecule has 0 saturated carbocycles. The Morgan fingerprint density at radius 1 is 1.17 bits per heavy atom. The van der Waals surface area contributed by atoms with Crippen molar-refractivity contribution in [1.29, 1.82) is 0 Å². The van der Waals surface area contributed by atoms with E-state index in [0.717, 1.165) is 17.5 Å². The maximum Gasteiger partial charge on any atom is 0.146 e. The van der Waals surface area contributed by atoms with E-state index in [0.29, 0.717) is 11.6 Å². The first-order valence-corrected chi connectivity index (χ1v) is 7.68. The molecule has 3 nitrogen and oxygen atoms in total. The lowest BCUT2D eigenvalue weighted by Crippen LogP contribution is -2.30. The fourth-order valence-corrected chi connectivity index (χ4v) is 3.74. The summed E-state index contributed by atoms with van der Waals surface area (Å²) in [6.45, 7) is 0. The molecule has 2 aliphatic rings. The van der Waals surface area contributed by atoms with E-state index in [2.05, 4.69) is 17.5 Å². The number of hydrogen-bond donors (Lipinski definition) is 1. The zero-order valence-electron chi connectivity index (χ0n) is 12.3. The number of anilines is 1. The van der Waals surface area contributed by atoms with E-state index in [4.69, 9.17) is 0 Å². The standard InChI is InChI=1S/C19H16FNO2/c20-16-6-2-5-15-13-3-1-4-14(13)17(21-18(15)16)11-7-9-12(10-8-11)19(22)23/h1-3,5-10,13-14,17,21H,4H2,(H,22,23)/p-1/t13-,14-,17-/m1/s1. The van der Waals surface area contributed by atoms with Gasteiger partial charge in [0.15, 0.2) is 0 Å².